The number of piperidine rings is 2. The molecule has 1 saturated carbocycles. The van der Waals surface area contributed by atoms with Crippen molar-refractivity contribution in [2.75, 3.05) is 19.6 Å². The summed E-state index contributed by atoms with van der Waals surface area (Å²) in [5, 5.41) is 11.3. The van der Waals surface area contributed by atoms with Crippen molar-refractivity contribution in [2.24, 2.45) is 5.92 Å². The molecule has 2 aliphatic heterocycles. The van der Waals surface area contributed by atoms with Crippen LogP contribution in [0.3, 0.4) is 0 Å². The van der Waals surface area contributed by atoms with E-state index in [0.717, 1.165) is 43.5 Å². The van der Waals surface area contributed by atoms with Crippen molar-refractivity contribution in [3.8, 4) is 0 Å². The van der Waals surface area contributed by atoms with Gasteiger partial charge in [-0.05, 0) is 81.5 Å². The summed E-state index contributed by atoms with van der Waals surface area (Å²) in [4.78, 5) is 41.1. The monoisotopic (exact) mass is 529 g/mol. The minimum atomic E-state index is -0.954. The van der Waals surface area contributed by atoms with E-state index in [1.807, 2.05) is 4.90 Å². The van der Waals surface area contributed by atoms with Crippen molar-refractivity contribution >= 4 is 17.5 Å². The molecule has 3 aliphatic rings. The smallest absolute Gasteiger partial charge is 0.273 e. The first-order valence-corrected chi connectivity index (χ1v) is 13.1. The molecule has 0 N–H and O–H groups in total. The highest BCUT2D eigenvalue weighted by Crippen LogP contribution is 2.51. The Balaban J connectivity index is 1.30. The van der Waals surface area contributed by atoms with Crippen LogP contribution >= 0.6 is 0 Å². The summed E-state index contributed by atoms with van der Waals surface area (Å²) in [6.07, 6.45) is 5.11. The number of amides is 2. The van der Waals surface area contributed by atoms with Crippen LogP contribution < -0.4 is 0 Å². The number of carbonyl (C=O) groups excluding carboxylic acids is 2. The summed E-state index contributed by atoms with van der Waals surface area (Å²) in [6, 6.07) is 5.71. The number of nitro benzene ring substituents is 1. The highest BCUT2D eigenvalue weighted by molar-refractivity contribution is 5.97. The Bertz CT molecular complexity index is 1290. The summed E-state index contributed by atoms with van der Waals surface area (Å²) in [5.74, 6) is -3.13. The number of likely N-dealkylation sites (tertiary alicyclic amines) is 2. The van der Waals surface area contributed by atoms with E-state index in [1.165, 1.54) is 17.9 Å². The first-order valence-electron chi connectivity index (χ1n) is 13.1. The second-order valence-electron chi connectivity index (χ2n) is 10.7. The topological polar surface area (TPSA) is 83.8 Å². The minimum Gasteiger partial charge on any atom is -0.339 e. The highest BCUT2D eigenvalue weighted by Gasteiger charge is 2.55. The zero-order valence-corrected chi connectivity index (χ0v) is 21.2. The molecule has 7 nitrogen and oxygen atoms in total. The predicted molar refractivity (Wildman–Crippen MR) is 133 cm³/mol. The van der Waals surface area contributed by atoms with Gasteiger partial charge in [0.15, 0.2) is 11.6 Å². The third-order valence-electron chi connectivity index (χ3n) is 8.61. The summed E-state index contributed by atoms with van der Waals surface area (Å²) in [5.41, 5.74) is -0.846. The van der Waals surface area contributed by atoms with Crippen LogP contribution in [0.2, 0.25) is 0 Å². The fraction of sp³-hybridized carbons (Fsp3) is 0.500. The van der Waals surface area contributed by atoms with Crippen LogP contribution in [0.1, 0.15) is 66.4 Å². The number of benzene rings is 2. The molecule has 5 rings (SSSR count). The van der Waals surface area contributed by atoms with Crippen molar-refractivity contribution in [3.05, 3.63) is 74.6 Å². The molecule has 0 spiro atoms. The van der Waals surface area contributed by atoms with Crippen molar-refractivity contribution in [2.45, 2.75) is 63.3 Å². The average Bonchev–Trinajstić information content (AvgIpc) is 3.72. The molecular weight excluding hydrogens is 499 g/mol. The van der Waals surface area contributed by atoms with Gasteiger partial charge in [-0.15, -0.1) is 0 Å². The van der Waals surface area contributed by atoms with Gasteiger partial charge in [0, 0.05) is 37.3 Å². The van der Waals surface area contributed by atoms with Crippen LogP contribution in [-0.2, 0) is 10.2 Å². The molecule has 202 valence electrons. The van der Waals surface area contributed by atoms with Gasteiger partial charge in [0.2, 0.25) is 5.91 Å². The molecule has 2 saturated heterocycles. The van der Waals surface area contributed by atoms with Crippen molar-refractivity contribution in [1.29, 1.82) is 0 Å². The maximum atomic E-state index is 14.6. The average molecular weight is 530 g/mol. The summed E-state index contributed by atoms with van der Waals surface area (Å²) < 4.78 is 42.0. The van der Waals surface area contributed by atoms with Gasteiger partial charge in [0.05, 0.1) is 15.9 Å². The van der Waals surface area contributed by atoms with E-state index in [0.29, 0.717) is 50.9 Å². The number of hydrogen-bond donors (Lipinski definition) is 0. The normalized spacial score (nSPS) is 21.3. The van der Waals surface area contributed by atoms with Crippen LogP contribution in [0.15, 0.2) is 30.3 Å². The third kappa shape index (κ3) is 4.54. The Morgan fingerprint density at radius 3 is 2.26 bits per heavy atom. The van der Waals surface area contributed by atoms with Crippen LogP contribution in [-0.4, -0.2) is 52.2 Å². The Kier molecular flexibility index (Phi) is 6.92. The second-order valence-corrected chi connectivity index (χ2v) is 10.7. The number of hydrogen-bond acceptors (Lipinski definition) is 4. The zero-order chi connectivity index (χ0) is 27.2. The molecule has 2 heterocycles. The first-order chi connectivity index (χ1) is 18.1. The van der Waals surface area contributed by atoms with E-state index in [1.54, 1.807) is 0 Å². The van der Waals surface area contributed by atoms with Gasteiger partial charge in [-0.2, -0.15) is 0 Å². The number of nitro groups is 1. The van der Waals surface area contributed by atoms with Crippen LogP contribution in [0, 0.1) is 40.4 Å². The van der Waals surface area contributed by atoms with E-state index in [9.17, 15) is 32.9 Å². The molecule has 0 bridgehead atoms. The minimum absolute atomic E-state index is 0.0122. The maximum absolute atomic E-state index is 14.6. The molecule has 0 aromatic heterocycles. The van der Waals surface area contributed by atoms with E-state index in [2.05, 4.69) is 0 Å². The fourth-order valence-corrected chi connectivity index (χ4v) is 6.29. The Morgan fingerprint density at radius 2 is 1.63 bits per heavy atom. The number of carbonyl (C=O) groups is 2. The number of nitrogens with zero attached hydrogens (tertiary/aromatic N) is 3. The largest absolute Gasteiger partial charge is 0.339 e. The Morgan fingerprint density at radius 1 is 0.947 bits per heavy atom. The zero-order valence-electron chi connectivity index (χ0n) is 21.2. The van der Waals surface area contributed by atoms with Gasteiger partial charge in [-0.1, -0.05) is 6.07 Å². The van der Waals surface area contributed by atoms with Gasteiger partial charge >= 0.3 is 0 Å². The van der Waals surface area contributed by atoms with Gasteiger partial charge in [0.25, 0.3) is 11.6 Å². The third-order valence-corrected chi connectivity index (χ3v) is 8.61. The molecule has 2 aromatic carbocycles. The van der Waals surface area contributed by atoms with E-state index < -0.39 is 33.7 Å². The second kappa shape index (κ2) is 10.0. The molecule has 0 radical (unpaired) electrons. The fourth-order valence-electron chi connectivity index (χ4n) is 6.29. The van der Waals surface area contributed by atoms with Crippen molar-refractivity contribution < 1.29 is 27.7 Å². The van der Waals surface area contributed by atoms with Gasteiger partial charge in [-0.3, -0.25) is 19.7 Å². The predicted octanol–water partition coefficient (Wildman–Crippen LogP) is 5.29. The number of halogens is 3. The quantitative estimate of drug-likeness (QED) is 0.390. The lowest BCUT2D eigenvalue weighted by molar-refractivity contribution is -0.385. The molecule has 1 atom stereocenters. The Labute approximate surface area is 218 Å². The SMILES string of the molecule is Cc1c([N+](=O)[O-])ccc(F)c1C(=O)N1CCC(C2CCCCN2C(=O)C2(c3ccc(F)c(F)c3)CC2)CC1. The van der Waals surface area contributed by atoms with Gasteiger partial charge in [-0.25, -0.2) is 13.2 Å². The van der Waals surface area contributed by atoms with Gasteiger partial charge < -0.3 is 9.80 Å². The van der Waals surface area contributed by atoms with Crippen LogP contribution in [0.5, 0.6) is 0 Å². The molecule has 2 amide bonds. The molecule has 10 heteroatoms. The maximum Gasteiger partial charge on any atom is 0.273 e. The molecule has 1 unspecified atom stereocenters. The van der Waals surface area contributed by atoms with Crippen LogP contribution in [0.4, 0.5) is 18.9 Å². The number of rotatable bonds is 5. The molecule has 1 aliphatic carbocycles. The van der Waals surface area contributed by atoms with Gasteiger partial charge in [0.1, 0.15) is 5.82 Å². The molecular formula is C28H30F3N3O4. The molecule has 38 heavy (non-hydrogen) atoms. The standard InChI is InChI=1S/C28H30F3N3O4/c1-17-23(34(37)38)8-7-21(30)25(17)26(35)32-14-9-18(10-15-32)24-4-2-3-13-33(24)27(36)28(11-12-28)19-5-6-20(29)22(31)16-19/h5-8,16,18,24H,2-4,9-15H2,1H3. The summed E-state index contributed by atoms with van der Waals surface area (Å²) in [6.45, 7) is 2.70. The molecule has 3 fully saturated rings. The summed E-state index contributed by atoms with van der Waals surface area (Å²) >= 11 is 0. The lowest BCUT2D eigenvalue weighted by atomic mass is 9.82. The van der Waals surface area contributed by atoms with Crippen molar-refractivity contribution in [1.82, 2.24) is 9.80 Å². The van der Waals surface area contributed by atoms with Crippen molar-refractivity contribution in [3.63, 3.8) is 0 Å². The first kappa shape index (κ1) is 26.2. The van der Waals surface area contributed by atoms with E-state index in [4.69, 9.17) is 0 Å². The lowest BCUT2D eigenvalue weighted by Gasteiger charge is -2.45. The van der Waals surface area contributed by atoms with E-state index >= 15 is 0 Å². The van der Waals surface area contributed by atoms with Crippen LogP contribution in [0.25, 0.3) is 0 Å². The molecule has 2 aromatic rings. The van der Waals surface area contributed by atoms with E-state index in [-0.39, 0.29) is 34.7 Å². The Hall–Kier alpha value is -3.43. The summed E-state index contributed by atoms with van der Waals surface area (Å²) in [7, 11) is 0. The highest BCUT2D eigenvalue weighted by atomic mass is 19.2. The lowest BCUT2D eigenvalue weighted by Crippen LogP contribution is -2.53.